The fraction of sp³-hybridized carbons (Fsp3) is 0.200. The first kappa shape index (κ1) is 14.2. The van der Waals surface area contributed by atoms with Gasteiger partial charge in [0.15, 0.2) is 0 Å². The fourth-order valence-electron chi connectivity index (χ4n) is 2.06. The highest BCUT2D eigenvalue weighted by Crippen LogP contribution is 2.36. The second kappa shape index (κ2) is 5.91. The average Bonchev–Trinajstić information content (AvgIpc) is 2.93. The van der Waals surface area contributed by atoms with E-state index >= 15 is 0 Å². The van der Waals surface area contributed by atoms with Gasteiger partial charge in [0.2, 0.25) is 11.8 Å². The molecule has 1 aliphatic rings. The summed E-state index contributed by atoms with van der Waals surface area (Å²) in [4.78, 5) is 25.7. The Kier molecular flexibility index (Phi) is 3.98. The van der Waals surface area contributed by atoms with E-state index in [1.54, 1.807) is 17.4 Å². The van der Waals surface area contributed by atoms with Crippen LogP contribution >= 0.6 is 23.1 Å². The van der Waals surface area contributed by atoms with Gasteiger partial charge < -0.3 is 10.6 Å². The Bertz CT molecular complexity index is 683. The van der Waals surface area contributed by atoms with Crippen molar-refractivity contribution in [3.05, 3.63) is 40.6 Å². The largest absolute Gasteiger partial charge is 0.326 e. The van der Waals surface area contributed by atoms with Crippen LogP contribution in [-0.2, 0) is 16.0 Å². The average molecular weight is 318 g/mol. The van der Waals surface area contributed by atoms with E-state index in [0.717, 1.165) is 15.5 Å². The molecule has 2 aromatic rings. The second-order valence-corrected chi connectivity index (χ2v) is 7.18. The molecule has 4 nitrogen and oxygen atoms in total. The number of hydrogen-bond acceptors (Lipinski definition) is 4. The Morgan fingerprint density at radius 1 is 1.38 bits per heavy atom. The van der Waals surface area contributed by atoms with Gasteiger partial charge in [0.1, 0.15) is 0 Å². The van der Waals surface area contributed by atoms with E-state index in [1.807, 2.05) is 36.6 Å². The molecule has 1 unspecified atom stereocenters. The molecule has 3 rings (SSSR count). The van der Waals surface area contributed by atoms with E-state index in [4.69, 9.17) is 0 Å². The molecule has 0 spiro atoms. The minimum absolute atomic E-state index is 0.00504. The topological polar surface area (TPSA) is 58.2 Å². The lowest BCUT2D eigenvalue weighted by Crippen LogP contribution is -2.26. The lowest BCUT2D eigenvalue weighted by atomic mass is 10.2. The van der Waals surface area contributed by atoms with Gasteiger partial charge in [0, 0.05) is 15.5 Å². The summed E-state index contributed by atoms with van der Waals surface area (Å²) in [5, 5.41) is 7.59. The molecule has 1 aliphatic heterocycles. The molecule has 1 atom stereocenters. The van der Waals surface area contributed by atoms with Crippen LogP contribution in [0.15, 0.2) is 40.6 Å². The van der Waals surface area contributed by atoms with Gasteiger partial charge in [0.05, 0.1) is 17.4 Å². The maximum atomic E-state index is 12.0. The van der Waals surface area contributed by atoms with E-state index in [-0.39, 0.29) is 17.1 Å². The second-order valence-electron chi connectivity index (χ2n) is 4.76. The highest BCUT2D eigenvalue weighted by molar-refractivity contribution is 8.00. The van der Waals surface area contributed by atoms with Gasteiger partial charge in [-0.25, -0.2) is 0 Å². The smallest absolute Gasteiger partial charge is 0.237 e. The van der Waals surface area contributed by atoms with Gasteiger partial charge in [-0.15, -0.1) is 23.1 Å². The van der Waals surface area contributed by atoms with Gasteiger partial charge in [-0.05, 0) is 36.6 Å². The molecule has 0 saturated carbocycles. The molecule has 2 heterocycles. The molecular weight excluding hydrogens is 304 g/mol. The van der Waals surface area contributed by atoms with Crippen LogP contribution in [0.4, 0.5) is 11.4 Å². The first-order valence-electron chi connectivity index (χ1n) is 6.55. The third kappa shape index (κ3) is 3.28. The lowest BCUT2D eigenvalue weighted by Gasteiger charge is -2.21. The van der Waals surface area contributed by atoms with Crippen molar-refractivity contribution in [2.45, 2.75) is 23.5 Å². The molecule has 0 radical (unpaired) electrons. The summed E-state index contributed by atoms with van der Waals surface area (Å²) < 4.78 is 0. The van der Waals surface area contributed by atoms with E-state index in [2.05, 4.69) is 10.6 Å². The molecular formula is C15H14N2O2S2. The highest BCUT2D eigenvalue weighted by Gasteiger charge is 2.23. The van der Waals surface area contributed by atoms with Crippen LogP contribution in [0.3, 0.4) is 0 Å². The van der Waals surface area contributed by atoms with Gasteiger partial charge in [0.25, 0.3) is 0 Å². The third-order valence-electron chi connectivity index (χ3n) is 3.11. The monoisotopic (exact) mass is 318 g/mol. The predicted octanol–water partition coefficient (Wildman–Crippen LogP) is 3.36. The first-order chi connectivity index (χ1) is 10.1. The summed E-state index contributed by atoms with van der Waals surface area (Å²) in [5.41, 5.74) is 1.46. The van der Waals surface area contributed by atoms with Crippen molar-refractivity contribution >= 4 is 46.3 Å². The molecule has 2 N–H and O–H groups in total. The summed E-state index contributed by atoms with van der Waals surface area (Å²) in [7, 11) is 0. The summed E-state index contributed by atoms with van der Waals surface area (Å²) in [5.74, 6) is -0.0601. The van der Waals surface area contributed by atoms with Crippen molar-refractivity contribution in [1.82, 2.24) is 0 Å². The molecule has 0 saturated heterocycles. The molecule has 0 aliphatic carbocycles. The van der Waals surface area contributed by atoms with Crippen LogP contribution in [0, 0.1) is 0 Å². The van der Waals surface area contributed by atoms with Crippen molar-refractivity contribution < 1.29 is 9.59 Å². The fourth-order valence-corrected chi connectivity index (χ4v) is 3.70. The minimum Gasteiger partial charge on any atom is -0.326 e. The number of fused-ring (bicyclic) bond motifs is 1. The highest BCUT2D eigenvalue weighted by atomic mass is 32.2. The number of carbonyl (C=O) groups excluding carboxylic acids is 2. The van der Waals surface area contributed by atoms with Crippen molar-refractivity contribution in [2.75, 3.05) is 10.6 Å². The normalized spacial score (nSPS) is 17.0. The van der Waals surface area contributed by atoms with Crippen molar-refractivity contribution in [2.24, 2.45) is 0 Å². The van der Waals surface area contributed by atoms with Crippen molar-refractivity contribution in [3.63, 3.8) is 0 Å². The van der Waals surface area contributed by atoms with Crippen LogP contribution in [0.5, 0.6) is 0 Å². The van der Waals surface area contributed by atoms with E-state index in [1.165, 1.54) is 11.8 Å². The zero-order chi connectivity index (χ0) is 14.8. The van der Waals surface area contributed by atoms with Crippen molar-refractivity contribution in [1.29, 1.82) is 0 Å². The van der Waals surface area contributed by atoms with Crippen LogP contribution in [0.1, 0.15) is 11.8 Å². The number of anilines is 2. The Balaban J connectivity index is 1.71. The molecule has 108 valence electrons. The van der Waals surface area contributed by atoms with Gasteiger partial charge in [-0.2, -0.15) is 0 Å². The van der Waals surface area contributed by atoms with Gasteiger partial charge in [-0.3, -0.25) is 9.59 Å². The van der Waals surface area contributed by atoms with E-state index in [0.29, 0.717) is 12.1 Å². The van der Waals surface area contributed by atoms with E-state index < -0.39 is 0 Å². The molecule has 1 aromatic heterocycles. The molecule has 2 amide bonds. The van der Waals surface area contributed by atoms with Gasteiger partial charge in [-0.1, -0.05) is 6.07 Å². The van der Waals surface area contributed by atoms with Crippen LogP contribution in [0.25, 0.3) is 0 Å². The molecule has 0 bridgehead atoms. The number of benzene rings is 1. The Morgan fingerprint density at radius 3 is 3.00 bits per heavy atom. The number of carbonyl (C=O) groups is 2. The number of nitrogens with one attached hydrogen (secondary N) is 2. The predicted molar refractivity (Wildman–Crippen MR) is 87.0 cm³/mol. The number of thiophene rings is 1. The molecule has 21 heavy (non-hydrogen) atoms. The summed E-state index contributed by atoms with van der Waals surface area (Å²) in [6.07, 6.45) is 0.368. The van der Waals surface area contributed by atoms with Crippen molar-refractivity contribution in [3.8, 4) is 0 Å². The number of amides is 2. The molecule has 6 heteroatoms. The zero-order valence-electron chi connectivity index (χ0n) is 11.4. The van der Waals surface area contributed by atoms with Crippen LogP contribution in [-0.4, -0.2) is 17.1 Å². The molecule has 0 fully saturated rings. The summed E-state index contributed by atoms with van der Waals surface area (Å²) >= 11 is 3.09. The Morgan fingerprint density at radius 2 is 2.24 bits per heavy atom. The summed E-state index contributed by atoms with van der Waals surface area (Å²) in [6, 6.07) is 9.47. The van der Waals surface area contributed by atoms with Crippen LogP contribution in [0.2, 0.25) is 0 Å². The maximum Gasteiger partial charge on any atom is 0.237 e. The SMILES string of the molecule is CC1Sc2ccc(NC(=O)Cc3cccs3)cc2NC1=O. The first-order valence-corrected chi connectivity index (χ1v) is 8.31. The van der Waals surface area contributed by atoms with Crippen LogP contribution < -0.4 is 10.6 Å². The Labute approximate surface area is 130 Å². The summed E-state index contributed by atoms with van der Waals surface area (Å²) in [6.45, 7) is 1.87. The number of thioether (sulfide) groups is 1. The third-order valence-corrected chi connectivity index (χ3v) is 5.16. The van der Waals surface area contributed by atoms with E-state index in [9.17, 15) is 9.59 Å². The Hall–Kier alpha value is -1.79. The molecule has 1 aromatic carbocycles. The van der Waals surface area contributed by atoms with Gasteiger partial charge >= 0.3 is 0 Å². The number of rotatable bonds is 3. The zero-order valence-corrected chi connectivity index (χ0v) is 13.0. The number of hydrogen-bond donors (Lipinski definition) is 2. The maximum absolute atomic E-state index is 12.0. The minimum atomic E-state index is -0.0863. The quantitative estimate of drug-likeness (QED) is 0.912. The lowest BCUT2D eigenvalue weighted by molar-refractivity contribution is -0.116. The standard InChI is InChI=1S/C15H14N2O2S2/c1-9-15(19)17-12-7-10(4-5-13(12)21-9)16-14(18)8-11-3-2-6-20-11/h2-7,9H,8H2,1H3,(H,16,18)(H,17,19).